The van der Waals surface area contributed by atoms with Gasteiger partial charge in [0.1, 0.15) is 0 Å². The Hall–Kier alpha value is -0.430. The van der Waals surface area contributed by atoms with Crippen LogP contribution in [0.1, 0.15) is 5.56 Å². The molecule has 0 aliphatic heterocycles. The minimum Gasteiger partial charge on any atom is -0.475 e. The topological polar surface area (TPSA) is 54.4 Å². The van der Waals surface area contributed by atoms with Crippen molar-refractivity contribution in [3.05, 3.63) is 31.8 Å². The van der Waals surface area contributed by atoms with E-state index in [1.807, 2.05) is 12.1 Å². The molecule has 5 heteroatoms. The third kappa shape index (κ3) is 3.06. The molecule has 1 aromatic carbocycles. The number of carboxylic acids is 1. The maximum Gasteiger partial charge on any atom is 0.372 e. The van der Waals surface area contributed by atoms with Crippen LogP contribution in [0.3, 0.4) is 0 Å². The molecule has 1 N–H and O–H groups in total. The number of hydrogen-bond acceptors (Lipinski definition) is 2. The molecule has 0 fully saturated rings. The van der Waals surface area contributed by atoms with Crippen molar-refractivity contribution in [3.8, 4) is 0 Å². The standard InChI is InChI=1S/C9H6BrIO3/c10-7-4-6(11)2-1-5(7)3-8(12)9(13)14/h1-2,4H,3H2,(H,13,14). The van der Waals surface area contributed by atoms with Crippen molar-refractivity contribution in [3.63, 3.8) is 0 Å². The number of halogens is 2. The third-order valence-electron chi connectivity index (χ3n) is 1.60. The number of Topliss-reactive ketones (excluding diaryl/α,β-unsaturated/α-hetero) is 1. The van der Waals surface area contributed by atoms with Crippen molar-refractivity contribution in [1.82, 2.24) is 0 Å². The van der Waals surface area contributed by atoms with E-state index < -0.39 is 11.8 Å². The van der Waals surface area contributed by atoms with Crippen molar-refractivity contribution in [1.29, 1.82) is 0 Å². The molecule has 74 valence electrons. The Morgan fingerprint density at radius 1 is 1.43 bits per heavy atom. The number of hydrogen-bond donors (Lipinski definition) is 1. The fourth-order valence-electron chi connectivity index (χ4n) is 0.914. The van der Waals surface area contributed by atoms with E-state index in [9.17, 15) is 9.59 Å². The first kappa shape index (κ1) is 11.6. The minimum atomic E-state index is -1.39. The van der Waals surface area contributed by atoms with Gasteiger partial charge in [-0.3, -0.25) is 4.79 Å². The molecule has 0 bridgehead atoms. The van der Waals surface area contributed by atoms with Crippen LogP contribution in [-0.2, 0) is 16.0 Å². The SMILES string of the molecule is O=C(O)C(=O)Cc1ccc(I)cc1Br. The van der Waals surface area contributed by atoms with Gasteiger partial charge in [0.25, 0.3) is 0 Å². The lowest BCUT2D eigenvalue weighted by atomic mass is 10.1. The number of benzene rings is 1. The number of carbonyl (C=O) groups is 2. The minimum absolute atomic E-state index is 0.0766. The van der Waals surface area contributed by atoms with Crippen LogP contribution < -0.4 is 0 Å². The van der Waals surface area contributed by atoms with Gasteiger partial charge in [0.15, 0.2) is 0 Å². The Morgan fingerprint density at radius 3 is 2.57 bits per heavy atom. The molecule has 0 saturated carbocycles. The summed E-state index contributed by atoms with van der Waals surface area (Å²) in [4.78, 5) is 21.2. The first-order chi connectivity index (χ1) is 6.50. The van der Waals surface area contributed by atoms with E-state index in [0.29, 0.717) is 5.56 Å². The quantitative estimate of drug-likeness (QED) is 0.657. The predicted molar refractivity (Wildman–Crippen MR) is 63.2 cm³/mol. The van der Waals surface area contributed by atoms with E-state index in [1.54, 1.807) is 6.07 Å². The zero-order chi connectivity index (χ0) is 10.7. The molecule has 1 aromatic rings. The molecule has 0 atom stereocenters. The smallest absolute Gasteiger partial charge is 0.372 e. The van der Waals surface area contributed by atoms with Crippen molar-refractivity contribution >= 4 is 50.3 Å². The summed E-state index contributed by atoms with van der Waals surface area (Å²) in [6, 6.07) is 5.41. The molecule has 0 radical (unpaired) electrons. The van der Waals surface area contributed by atoms with Gasteiger partial charge < -0.3 is 5.11 Å². The van der Waals surface area contributed by atoms with Crippen LogP contribution in [-0.4, -0.2) is 16.9 Å². The number of rotatable bonds is 3. The summed E-state index contributed by atoms with van der Waals surface area (Å²) in [6.07, 6.45) is -0.0766. The van der Waals surface area contributed by atoms with Crippen LogP contribution in [0.2, 0.25) is 0 Å². The second kappa shape index (κ2) is 4.88. The molecule has 0 saturated heterocycles. The second-order valence-corrected chi connectivity index (χ2v) is 4.74. The largest absolute Gasteiger partial charge is 0.475 e. The molecular weight excluding hydrogens is 363 g/mol. The summed E-state index contributed by atoms with van der Waals surface area (Å²) in [6.45, 7) is 0. The van der Waals surface area contributed by atoms with Gasteiger partial charge in [-0.05, 0) is 40.3 Å². The van der Waals surface area contributed by atoms with Crippen LogP contribution in [0.4, 0.5) is 0 Å². The monoisotopic (exact) mass is 368 g/mol. The Kier molecular flexibility index (Phi) is 4.06. The van der Waals surface area contributed by atoms with Crippen LogP contribution in [0.15, 0.2) is 22.7 Å². The number of ketones is 1. The van der Waals surface area contributed by atoms with Crippen LogP contribution >= 0.6 is 38.5 Å². The Balaban J connectivity index is 2.87. The Morgan fingerprint density at radius 2 is 2.07 bits per heavy atom. The first-order valence-corrected chi connectivity index (χ1v) is 5.58. The fraction of sp³-hybridized carbons (Fsp3) is 0.111. The normalized spacial score (nSPS) is 9.86. The van der Waals surface area contributed by atoms with E-state index in [1.165, 1.54) is 0 Å². The maximum atomic E-state index is 10.9. The Bertz CT molecular complexity index is 390. The highest BCUT2D eigenvalue weighted by Crippen LogP contribution is 2.20. The van der Waals surface area contributed by atoms with Gasteiger partial charge in [0, 0.05) is 14.5 Å². The zero-order valence-electron chi connectivity index (χ0n) is 6.96. The highest BCUT2D eigenvalue weighted by Gasteiger charge is 2.13. The van der Waals surface area contributed by atoms with Gasteiger partial charge in [-0.1, -0.05) is 22.0 Å². The lowest BCUT2D eigenvalue weighted by Crippen LogP contribution is -2.15. The average Bonchev–Trinajstić information content (AvgIpc) is 2.09. The summed E-state index contributed by atoms with van der Waals surface area (Å²) in [5.41, 5.74) is 0.692. The van der Waals surface area contributed by atoms with Gasteiger partial charge in [-0.15, -0.1) is 0 Å². The number of aliphatic carboxylic acids is 1. The highest BCUT2D eigenvalue weighted by molar-refractivity contribution is 14.1. The molecule has 1 rings (SSSR count). The molecule has 0 amide bonds. The van der Waals surface area contributed by atoms with E-state index in [-0.39, 0.29) is 6.42 Å². The predicted octanol–water partition coefficient (Wildman–Crippen LogP) is 2.25. The zero-order valence-corrected chi connectivity index (χ0v) is 10.7. The van der Waals surface area contributed by atoms with E-state index in [0.717, 1.165) is 8.04 Å². The molecule has 0 spiro atoms. The summed E-state index contributed by atoms with van der Waals surface area (Å²) < 4.78 is 1.79. The second-order valence-electron chi connectivity index (χ2n) is 2.64. The van der Waals surface area contributed by atoms with Gasteiger partial charge in [0.2, 0.25) is 5.78 Å². The lowest BCUT2D eigenvalue weighted by Gasteiger charge is -2.01. The highest BCUT2D eigenvalue weighted by atomic mass is 127. The average molecular weight is 369 g/mol. The summed E-state index contributed by atoms with van der Waals surface area (Å²) in [5.74, 6) is -2.19. The van der Waals surface area contributed by atoms with Gasteiger partial charge >= 0.3 is 5.97 Å². The summed E-state index contributed by atoms with van der Waals surface area (Å²) in [5, 5.41) is 8.42. The van der Waals surface area contributed by atoms with Crippen molar-refractivity contribution in [2.75, 3.05) is 0 Å². The lowest BCUT2D eigenvalue weighted by molar-refractivity contribution is -0.148. The summed E-state index contributed by atoms with van der Waals surface area (Å²) in [7, 11) is 0. The van der Waals surface area contributed by atoms with Crippen molar-refractivity contribution in [2.24, 2.45) is 0 Å². The van der Waals surface area contributed by atoms with Crippen LogP contribution in [0, 0.1) is 3.57 Å². The van der Waals surface area contributed by atoms with E-state index >= 15 is 0 Å². The molecular formula is C9H6BrIO3. The molecule has 3 nitrogen and oxygen atoms in total. The van der Waals surface area contributed by atoms with Gasteiger partial charge in [-0.25, -0.2) is 4.79 Å². The molecule has 14 heavy (non-hydrogen) atoms. The van der Waals surface area contributed by atoms with E-state index in [2.05, 4.69) is 38.5 Å². The molecule has 0 heterocycles. The fourth-order valence-corrected chi connectivity index (χ4v) is 2.35. The molecule has 0 aromatic heterocycles. The van der Waals surface area contributed by atoms with Gasteiger partial charge in [0.05, 0.1) is 0 Å². The van der Waals surface area contributed by atoms with Crippen molar-refractivity contribution < 1.29 is 14.7 Å². The van der Waals surface area contributed by atoms with Crippen LogP contribution in [0.25, 0.3) is 0 Å². The van der Waals surface area contributed by atoms with Gasteiger partial charge in [-0.2, -0.15) is 0 Å². The Labute approximate surface area is 103 Å². The van der Waals surface area contributed by atoms with E-state index in [4.69, 9.17) is 5.11 Å². The number of carbonyl (C=O) groups excluding carboxylic acids is 1. The third-order valence-corrected chi connectivity index (χ3v) is 3.01. The van der Waals surface area contributed by atoms with Crippen LogP contribution in [0.5, 0.6) is 0 Å². The number of carboxylic acid groups (broad SMARTS) is 1. The first-order valence-electron chi connectivity index (χ1n) is 3.70. The molecule has 0 aliphatic carbocycles. The maximum absolute atomic E-state index is 10.9. The molecule has 0 aliphatic rings. The summed E-state index contributed by atoms with van der Waals surface area (Å²) >= 11 is 5.41. The van der Waals surface area contributed by atoms with Crippen molar-refractivity contribution in [2.45, 2.75) is 6.42 Å². The molecule has 0 unspecified atom stereocenters.